The Morgan fingerprint density at radius 3 is 2.94 bits per heavy atom. The second kappa shape index (κ2) is 8.22. The van der Waals surface area contributed by atoms with Crippen molar-refractivity contribution in [2.45, 2.75) is 6.42 Å². The summed E-state index contributed by atoms with van der Waals surface area (Å²) in [7, 11) is 1.65. The first-order valence-electron chi connectivity index (χ1n) is 5.47. The number of benzene rings is 1. The van der Waals surface area contributed by atoms with Gasteiger partial charge in [0, 0.05) is 36.8 Å². The van der Waals surface area contributed by atoms with Gasteiger partial charge in [-0.05, 0) is 18.2 Å². The van der Waals surface area contributed by atoms with Crippen molar-refractivity contribution in [3.05, 3.63) is 28.7 Å². The maximum atomic E-state index is 11.6. The Kier molecular flexibility index (Phi) is 6.84. The summed E-state index contributed by atoms with van der Waals surface area (Å²) in [5, 5.41) is 5.95. The fraction of sp³-hybridized carbons (Fsp3) is 0.417. The first-order valence-corrected chi connectivity index (χ1v) is 6.27. The van der Waals surface area contributed by atoms with Crippen LogP contribution in [-0.2, 0) is 9.53 Å². The number of carbonyl (C=O) groups excluding carboxylic acids is 1. The molecule has 0 aliphatic heterocycles. The van der Waals surface area contributed by atoms with Crippen molar-refractivity contribution in [1.82, 2.24) is 5.32 Å². The second-order valence-electron chi connectivity index (χ2n) is 3.55. The highest BCUT2D eigenvalue weighted by Crippen LogP contribution is 2.15. The number of ether oxygens (including phenoxy) is 1. The molecule has 1 aromatic rings. The SMILES string of the molecule is COCCNCCC(=O)Nc1cccc(Br)c1. The van der Waals surface area contributed by atoms with Crippen molar-refractivity contribution in [3.8, 4) is 0 Å². The Morgan fingerprint density at radius 1 is 1.41 bits per heavy atom. The lowest BCUT2D eigenvalue weighted by atomic mass is 10.3. The van der Waals surface area contributed by atoms with Crippen LogP contribution < -0.4 is 10.6 Å². The number of hydrogen-bond donors (Lipinski definition) is 2. The van der Waals surface area contributed by atoms with Crippen LogP contribution in [0.2, 0.25) is 0 Å². The molecule has 0 aromatic heterocycles. The largest absolute Gasteiger partial charge is 0.383 e. The lowest BCUT2D eigenvalue weighted by molar-refractivity contribution is -0.116. The van der Waals surface area contributed by atoms with Crippen LogP contribution in [0.1, 0.15) is 6.42 Å². The van der Waals surface area contributed by atoms with Gasteiger partial charge >= 0.3 is 0 Å². The Morgan fingerprint density at radius 2 is 2.24 bits per heavy atom. The fourth-order valence-electron chi connectivity index (χ4n) is 1.29. The van der Waals surface area contributed by atoms with E-state index in [1.54, 1.807) is 7.11 Å². The van der Waals surface area contributed by atoms with Crippen LogP contribution in [0.5, 0.6) is 0 Å². The van der Waals surface area contributed by atoms with E-state index in [9.17, 15) is 4.79 Å². The van der Waals surface area contributed by atoms with Gasteiger partial charge in [-0.3, -0.25) is 4.79 Å². The molecule has 4 nitrogen and oxygen atoms in total. The average Bonchev–Trinajstić information content (AvgIpc) is 2.29. The Balaban J connectivity index is 2.21. The van der Waals surface area contributed by atoms with Crippen LogP contribution in [0.3, 0.4) is 0 Å². The molecule has 1 aromatic carbocycles. The van der Waals surface area contributed by atoms with Gasteiger partial charge in [0.05, 0.1) is 6.61 Å². The maximum absolute atomic E-state index is 11.6. The third-order valence-corrected chi connectivity index (χ3v) is 2.61. The smallest absolute Gasteiger partial charge is 0.225 e. The van der Waals surface area contributed by atoms with Gasteiger partial charge in [-0.2, -0.15) is 0 Å². The summed E-state index contributed by atoms with van der Waals surface area (Å²) in [4.78, 5) is 11.6. The molecule has 0 bridgehead atoms. The number of rotatable bonds is 7. The monoisotopic (exact) mass is 300 g/mol. The van der Waals surface area contributed by atoms with Crippen molar-refractivity contribution in [3.63, 3.8) is 0 Å². The predicted octanol–water partition coefficient (Wildman–Crippen LogP) is 2.01. The van der Waals surface area contributed by atoms with Crippen LogP contribution in [0.4, 0.5) is 5.69 Å². The van der Waals surface area contributed by atoms with E-state index in [4.69, 9.17) is 4.74 Å². The van der Waals surface area contributed by atoms with Gasteiger partial charge in [0.15, 0.2) is 0 Å². The molecule has 2 N–H and O–H groups in total. The van der Waals surface area contributed by atoms with Gasteiger partial charge in [0.1, 0.15) is 0 Å². The minimum absolute atomic E-state index is 0.00742. The highest BCUT2D eigenvalue weighted by Gasteiger charge is 2.01. The number of halogens is 1. The second-order valence-corrected chi connectivity index (χ2v) is 4.47. The number of carbonyl (C=O) groups is 1. The number of methoxy groups -OCH3 is 1. The topological polar surface area (TPSA) is 50.4 Å². The summed E-state index contributed by atoms with van der Waals surface area (Å²) in [6.07, 6.45) is 0.455. The van der Waals surface area contributed by atoms with Crippen LogP contribution in [0.25, 0.3) is 0 Å². The highest BCUT2D eigenvalue weighted by atomic mass is 79.9. The Labute approximate surface area is 110 Å². The molecule has 0 fully saturated rings. The van der Waals surface area contributed by atoms with Crippen LogP contribution in [0.15, 0.2) is 28.7 Å². The van der Waals surface area contributed by atoms with Crippen molar-refractivity contribution in [2.75, 3.05) is 32.1 Å². The number of nitrogens with one attached hydrogen (secondary N) is 2. The molecular formula is C12H17BrN2O2. The van der Waals surface area contributed by atoms with Crippen LogP contribution in [-0.4, -0.2) is 32.7 Å². The lowest BCUT2D eigenvalue weighted by Gasteiger charge is -2.06. The van der Waals surface area contributed by atoms with E-state index in [1.165, 1.54) is 0 Å². The molecule has 0 unspecified atom stereocenters. The van der Waals surface area contributed by atoms with Crippen molar-refractivity contribution in [2.24, 2.45) is 0 Å². The summed E-state index contributed by atoms with van der Waals surface area (Å²) in [6.45, 7) is 2.08. The standard InChI is InChI=1S/C12H17BrN2O2/c1-17-8-7-14-6-5-12(16)15-11-4-2-3-10(13)9-11/h2-4,9,14H,5-8H2,1H3,(H,15,16). The van der Waals surface area contributed by atoms with Crippen molar-refractivity contribution >= 4 is 27.5 Å². The summed E-state index contributed by atoms with van der Waals surface area (Å²) >= 11 is 3.36. The first-order chi connectivity index (χ1) is 8.22. The molecule has 1 rings (SSSR count). The average molecular weight is 301 g/mol. The third-order valence-electron chi connectivity index (χ3n) is 2.12. The van der Waals surface area contributed by atoms with Gasteiger partial charge in [0.2, 0.25) is 5.91 Å². The van der Waals surface area contributed by atoms with Gasteiger partial charge in [-0.1, -0.05) is 22.0 Å². The Bertz CT molecular complexity index is 358. The normalized spacial score (nSPS) is 10.2. The van der Waals surface area contributed by atoms with Crippen molar-refractivity contribution in [1.29, 1.82) is 0 Å². The van der Waals surface area contributed by atoms with Gasteiger partial charge in [-0.25, -0.2) is 0 Å². The predicted molar refractivity (Wildman–Crippen MR) is 72.1 cm³/mol. The highest BCUT2D eigenvalue weighted by molar-refractivity contribution is 9.10. The fourth-order valence-corrected chi connectivity index (χ4v) is 1.69. The Hall–Kier alpha value is -0.910. The van der Waals surface area contributed by atoms with E-state index in [0.29, 0.717) is 19.6 Å². The van der Waals surface area contributed by atoms with Crippen molar-refractivity contribution < 1.29 is 9.53 Å². The van der Waals surface area contributed by atoms with Crippen LogP contribution >= 0.6 is 15.9 Å². The zero-order valence-electron chi connectivity index (χ0n) is 9.83. The zero-order valence-corrected chi connectivity index (χ0v) is 11.4. The van der Waals surface area contributed by atoms with Gasteiger partial charge in [-0.15, -0.1) is 0 Å². The third kappa shape index (κ3) is 6.41. The summed E-state index contributed by atoms with van der Waals surface area (Å²) in [5.74, 6) is 0.00742. The summed E-state index contributed by atoms with van der Waals surface area (Å²) in [6, 6.07) is 7.54. The molecular weight excluding hydrogens is 284 g/mol. The molecule has 0 saturated heterocycles. The van der Waals surface area contributed by atoms with E-state index in [2.05, 4.69) is 26.6 Å². The first kappa shape index (κ1) is 14.2. The van der Waals surface area contributed by atoms with E-state index in [0.717, 1.165) is 16.7 Å². The zero-order chi connectivity index (χ0) is 12.5. The molecule has 0 radical (unpaired) electrons. The quantitative estimate of drug-likeness (QED) is 0.758. The van der Waals surface area contributed by atoms with E-state index >= 15 is 0 Å². The molecule has 0 aliphatic carbocycles. The minimum atomic E-state index is 0.00742. The van der Waals surface area contributed by atoms with E-state index in [-0.39, 0.29) is 5.91 Å². The number of anilines is 1. The lowest BCUT2D eigenvalue weighted by Crippen LogP contribution is -2.24. The molecule has 0 spiro atoms. The molecule has 94 valence electrons. The molecule has 0 atom stereocenters. The molecule has 0 heterocycles. The number of hydrogen-bond acceptors (Lipinski definition) is 3. The van der Waals surface area contributed by atoms with Gasteiger partial charge < -0.3 is 15.4 Å². The number of amides is 1. The molecule has 0 saturated carbocycles. The molecule has 17 heavy (non-hydrogen) atoms. The van der Waals surface area contributed by atoms with E-state index in [1.807, 2.05) is 24.3 Å². The van der Waals surface area contributed by atoms with E-state index < -0.39 is 0 Å². The van der Waals surface area contributed by atoms with Gasteiger partial charge in [0.25, 0.3) is 0 Å². The molecule has 1 amide bonds. The molecule has 0 aliphatic rings. The van der Waals surface area contributed by atoms with Crippen LogP contribution in [0, 0.1) is 0 Å². The molecule has 5 heteroatoms. The summed E-state index contributed by atoms with van der Waals surface area (Å²) < 4.78 is 5.84. The summed E-state index contributed by atoms with van der Waals surface area (Å²) in [5.41, 5.74) is 0.807. The minimum Gasteiger partial charge on any atom is -0.383 e. The maximum Gasteiger partial charge on any atom is 0.225 e.